The molecule has 6 rings (SSSR count). The van der Waals surface area contributed by atoms with Gasteiger partial charge in [0, 0.05) is 30.1 Å². The van der Waals surface area contributed by atoms with Gasteiger partial charge in [-0.25, -0.2) is 4.98 Å². The third-order valence-electron chi connectivity index (χ3n) is 6.57. The number of pyridine rings is 1. The van der Waals surface area contributed by atoms with Crippen molar-refractivity contribution in [1.29, 1.82) is 0 Å². The zero-order valence-electron chi connectivity index (χ0n) is 18.1. The average Bonchev–Trinajstić information content (AvgIpc) is 3.53. The standard InChI is InChI=1S/C23H24N6O2S2/c30-19(28-9-4-5-14(11-28)21-27-26-18-8-1-2-10-29(18)21)13-32-12-17-24-22(31)20-15-6-3-7-16(15)33-23(20)25-17/h1-2,8,10,14H,3-7,9,11-13H2,(H,24,25,31). The van der Waals surface area contributed by atoms with E-state index in [-0.39, 0.29) is 17.4 Å². The summed E-state index contributed by atoms with van der Waals surface area (Å²) in [6, 6.07) is 5.87. The molecule has 4 aromatic rings. The molecule has 0 radical (unpaired) electrons. The van der Waals surface area contributed by atoms with Crippen LogP contribution in [0.25, 0.3) is 15.9 Å². The van der Waals surface area contributed by atoms with Crippen molar-refractivity contribution in [3.05, 3.63) is 56.8 Å². The Labute approximate surface area is 198 Å². The molecule has 1 amide bonds. The maximum Gasteiger partial charge on any atom is 0.259 e. The Morgan fingerprint density at radius 2 is 2.18 bits per heavy atom. The van der Waals surface area contributed by atoms with Gasteiger partial charge in [-0.2, -0.15) is 0 Å². The molecule has 1 fully saturated rings. The first-order valence-corrected chi connectivity index (χ1v) is 13.3. The third kappa shape index (κ3) is 3.85. The fourth-order valence-corrected chi connectivity index (χ4v) is 7.06. The summed E-state index contributed by atoms with van der Waals surface area (Å²) in [4.78, 5) is 37.2. The van der Waals surface area contributed by atoms with Crippen LogP contribution in [-0.4, -0.2) is 54.2 Å². The van der Waals surface area contributed by atoms with Crippen molar-refractivity contribution >= 4 is 44.9 Å². The number of aromatic amines is 1. The van der Waals surface area contributed by atoms with Crippen molar-refractivity contribution < 1.29 is 4.79 Å². The number of fused-ring (bicyclic) bond motifs is 4. The lowest BCUT2D eigenvalue weighted by Gasteiger charge is -2.32. The molecule has 33 heavy (non-hydrogen) atoms. The molecule has 10 heteroatoms. The second-order valence-electron chi connectivity index (χ2n) is 8.71. The molecule has 0 spiro atoms. The first-order valence-electron chi connectivity index (χ1n) is 11.4. The number of rotatable bonds is 5. The van der Waals surface area contributed by atoms with Gasteiger partial charge in [0.2, 0.25) is 5.91 Å². The number of likely N-dealkylation sites (tertiary alicyclic amines) is 1. The number of nitrogens with zero attached hydrogens (tertiary/aromatic N) is 5. The molecule has 170 valence electrons. The second-order valence-corrected chi connectivity index (χ2v) is 10.8. The number of carbonyl (C=O) groups excluding carboxylic acids is 1. The highest BCUT2D eigenvalue weighted by molar-refractivity contribution is 7.99. The monoisotopic (exact) mass is 480 g/mol. The van der Waals surface area contributed by atoms with E-state index >= 15 is 0 Å². The first kappa shape index (κ1) is 20.9. The zero-order valence-corrected chi connectivity index (χ0v) is 19.8. The van der Waals surface area contributed by atoms with E-state index in [4.69, 9.17) is 0 Å². The molecule has 0 aromatic carbocycles. The number of aryl methyl sites for hydroxylation is 2. The number of thioether (sulfide) groups is 1. The van der Waals surface area contributed by atoms with Crippen LogP contribution in [-0.2, 0) is 23.4 Å². The van der Waals surface area contributed by atoms with Crippen LogP contribution in [0.2, 0.25) is 0 Å². The van der Waals surface area contributed by atoms with Gasteiger partial charge in [-0.15, -0.1) is 33.3 Å². The van der Waals surface area contributed by atoms with Gasteiger partial charge >= 0.3 is 0 Å². The summed E-state index contributed by atoms with van der Waals surface area (Å²) >= 11 is 3.15. The van der Waals surface area contributed by atoms with Crippen molar-refractivity contribution in [3.63, 3.8) is 0 Å². The fraction of sp³-hybridized carbons (Fsp3) is 0.435. The summed E-state index contributed by atoms with van der Waals surface area (Å²) in [5.74, 6) is 2.77. The van der Waals surface area contributed by atoms with E-state index in [0.29, 0.717) is 23.9 Å². The molecule has 5 heterocycles. The highest BCUT2D eigenvalue weighted by Gasteiger charge is 2.28. The van der Waals surface area contributed by atoms with E-state index < -0.39 is 0 Å². The van der Waals surface area contributed by atoms with Gasteiger partial charge in [-0.05, 0) is 49.8 Å². The van der Waals surface area contributed by atoms with E-state index in [9.17, 15) is 9.59 Å². The molecule has 1 unspecified atom stereocenters. The van der Waals surface area contributed by atoms with E-state index in [1.54, 1.807) is 11.3 Å². The molecule has 1 N–H and O–H groups in total. The number of hydrogen-bond acceptors (Lipinski definition) is 7. The molecule has 8 nitrogen and oxygen atoms in total. The topological polar surface area (TPSA) is 96.2 Å². The van der Waals surface area contributed by atoms with Crippen LogP contribution in [0.5, 0.6) is 0 Å². The third-order valence-corrected chi connectivity index (χ3v) is 8.68. The van der Waals surface area contributed by atoms with Crippen molar-refractivity contribution in [3.8, 4) is 0 Å². The van der Waals surface area contributed by atoms with E-state index in [0.717, 1.165) is 60.3 Å². The molecule has 0 saturated carbocycles. The lowest BCUT2D eigenvalue weighted by molar-refractivity contribution is -0.129. The summed E-state index contributed by atoms with van der Waals surface area (Å²) in [6.07, 6.45) is 7.09. The maximum absolute atomic E-state index is 12.9. The number of amides is 1. The van der Waals surface area contributed by atoms with Gasteiger partial charge in [-0.3, -0.25) is 14.0 Å². The molecule has 2 aliphatic rings. The molecular weight excluding hydrogens is 456 g/mol. The minimum absolute atomic E-state index is 0.0410. The highest BCUT2D eigenvalue weighted by atomic mass is 32.2. The number of nitrogens with one attached hydrogen (secondary N) is 1. The van der Waals surface area contributed by atoms with Crippen LogP contribution in [0.1, 0.15) is 47.3 Å². The van der Waals surface area contributed by atoms with Crippen LogP contribution in [0.4, 0.5) is 0 Å². The predicted octanol–water partition coefficient (Wildman–Crippen LogP) is 3.16. The Kier molecular flexibility index (Phi) is 5.41. The Morgan fingerprint density at radius 1 is 1.24 bits per heavy atom. The highest BCUT2D eigenvalue weighted by Crippen LogP contribution is 2.34. The smallest absolute Gasteiger partial charge is 0.259 e. The van der Waals surface area contributed by atoms with Crippen molar-refractivity contribution in [2.45, 2.75) is 43.8 Å². The number of H-pyrrole nitrogens is 1. The molecule has 1 aliphatic heterocycles. The number of aromatic nitrogens is 5. The molecule has 1 saturated heterocycles. The SMILES string of the molecule is O=C(CSCc1nc2sc3c(c2c(=O)[nH]1)CCC3)N1CCCC(c2nnc3ccccn23)C1. The maximum atomic E-state index is 12.9. The Bertz CT molecular complexity index is 1410. The average molecular weight is 481 g/mol. The number of piperidine rings is 1. The van der Waals surface area contributed by atoms with Gasteiger partial charge in [0.25, 0.3) is 5.56 Å². The zero-order chi connectivity index (χ0) is 22.4. The predicted molar refractivity (Wildman–Crippen MR) is 130 cm³/mol. The number of carbonyl (C=O) groups is 1. The Morgan fingerprint density at radius 3 is 3.12 bits per heavy atom. The van der Waals surface area contributed by atoms with Crippen LogP contribution in [0, 0.1) is 0 Å². The summed E-state index contributed by atoms with van der Waals surface area (Å²) in [7, 11) is 0. The molecule has 4 aromatic heterocycles. The molecule has 1 atom stereocenters. The summed E-state index contributed by atoms with van der Waals surface area (Å²) in [5.41, 5.74) is 1.99. The normalized spacial score (nSPS) is 18.3. The van der Waals surface area contributed by atoms with Gasteiger partial charge in [-0.1, -0.05) is 6.07 Å². The van der Waals surface area contributed by atoms with Crippen molar-refractivity contribution in [1.82, 2.24) is 29.5 Å². The number of hydrogen-bond donors (Lipinski definition) is 1. The fourth-order valence-electron chi connectivity index (χ4n) is 4.99. The minimum atomic E-state index is -0.0410. The van der Waals surface area contributed by atoms with Crippen molar-refractivity contribution in [2.24, 2.45) is 0 Å². The molecular formula is C23H24N6O2S2. The van der Waals surface area contributed by atoms with Gasteiger partial charge < -0.3 is 9.88 Å². The second kappa shape index (κ2) is 8.57. The lowest BCUT2D eigenvalue weighted by Crippen LogP contribution is -2.40. The summed E-state index contributed by atoms with van der Waals surface area (Å²) in [6.45, 7) is 1.44. The summed E-state index contributed by atoms with van der Waals surface area (Å²) < 4.78 is 2.02. The number of thiophene rings is 1. The minimum Gasteiger partial charge on any atom is -0.341 e. The van der Waals surface area contributed by atoms with Crippen LogP contribution < -0.4 is 5.56 Å². The van der Waals surface area contributed by atoms with Gasteiger partial charge in [0.05, 0.1) is 16.9 Å². The van der Waals surface area contributed by atoms with E-state index in [2.05, 4.69) is 20.2 Å². The summed E-state index contributed by atoms with van der Waals surface area (Å²) in [5, 5.41) is 9.43. The largest absolute Gasteiger partial charge is 0.341 e. The Balaban J connectivity index is 1.09. The van der Waals surface area contributed by atoms with Crippen LogP contribution in [0.3, 0.4) is 0 Å². The van der Waals surface area contributed by atoms with E-state index in [1.165, 1.54) is 22.2 Å². The quantitative estimate of drug-likeness (QED) is 0.471. The van der Waals surface area contributed by atoms with Gasteiger partial charge in [0.1, 0.15) is 16.5 Å². The lowest BCUT2D eigenvalue weighted by atomic mass is 9.97. The first-order chi connectivity index (χ1) is 16.2. The molecule has 1 aliphatic carbocycles. The van der Waals surface area contributed by atoms with Gasteiger partial charge in [0.15, 0.2) is 5.65 Å². The van der Waals surface area contributed by atoms with Crippen LogP contribution in [0.15, 0.2) is 29.2 Å². The Hall–Kier alpha value is -2.72. The van der Waals surface area contributed by atoms with Crippen LogP contribution >= 0.6 is 23.1 Å². The molecule has 0 bridgehead atoms. The van der Waals surface area contributed by atoms with Crippen molar-refractivity contribution in [2.75, 3.05) is 18.8 Å². The van der Waals surface area contributed by atoms with E-state index in [1.807, 2.05) is 33.7 Å².